The van der Waals surface area contributed by atoms with Crippen molar-refractivity contribution < 1.29 is 14.6 Å². The Hall–Kier alpha value is -0.650. The molecule has 1 heterocycles. The first-order valence-electron chi connectivity index (χ1n) is 7.81. The molecule has 1 aliphatic heterocycles. The summed E-state index contributed by atoms with van der Waals surface area (Å²) < 4.78 is 5.27. The SMILES string of the molecule is COCC1(C(=O)NCC2(O)CCCCC2)CCNCC1. The van der Waals surface area contributed by atoms with E-state index in [4.69, 9.17) is 4.74 Å². The van der Waals surface area contributed by atoms with Crippen molar-refractivity contribution in [3.05, 3.63) is 0 Å². The van der Waals surface area contributed by atoms with Crippen molar-refractivity contribution in [2.45, 2.75) is 50.5 Å². The first-order chi connectivity index (χ1) is 9.60. The number of methoxy groups -OCH3 is 1. The van der Waals surface area contributed by atoms with Gasteiger partial charge in [-0.3, -0.25) is 4.79 Å². The van der Waals surface area contributed by atoms with E-state index in [1.165, 1.54) is 6.42 Å². The molecule has 1 saturated carbocycles. The number of ether oxygens (including phenoxy) is 1. The maximum Gasteiger partial charge on any atom is 0.228 e. The van der Waals surface area contributed by atoms with Crippen LogP contribution in [0.2, 0.25) is 0 Å². The van der Waals surface area contributed by atoms with E-state index in [0.29, 0.717) is 13.2 Å². The lowest BCUT2D eigenvalue weighted by Crippen LogP contribution is -2.53. The molecule has 0 aromatic carbocycles. The van der Waals surface area contributed by atoms with Gasteiger partial charge in [-0.05, 0) is 38.8 Å². The molecule has 0 aromatic heterocycles. The summed E-state index contributed by atoms with van der Waals surface area (Å²) >= 11 is 0. The lowest BCUT2D eigenvalue weighted by atomic mass is 9.78. The third-order valence-corrected chi connectivity index (χ3v) is 4.83. The van der Waals surface area contributed by atoms with Gasteiger partial charge in [-0.25, -0.2) is 0 Å². The number of piperidine rings is 1. The van der Waals surface area contributed by atoms with E-state index in [9.17, 15) is 9.90 Å². The highest BCUT2D eigenvalue weighted by molar-refractivity contribution is 5.83. The molecule has 0 spiro atoms. The van der Waals surface area contributed by atoms with E-state index in [-0.39, 0.29) is 5.91 Å². The average molecular weight is 284 g/mol. The van der Waals surface area contributed by atoms with Gasteiger partial charge in [0.2, 0.25) is 5.91 Å². The van der Waals surface area contributed by atoms with E-state index < -0.39 is 11.0 Å². The van der Waals surface area contributed by atoms with E-state index >= 15 is 0 Å². The standard InChI is InChI=1S/C15H28N2O3/c1-20-12-14(7-9-16-10-8-14)13(18)17-11-15(19)5-3-2-4-6-15/h16,19H,2-12H2,1H3,(H,17,18). The monoisotopic (exact) mass is 284 g/mol. The van der Waals surface area contributed by atoms with Crippen LogP contribution >= 0.6 is 0 Å². The fraction of sp³-hybridized carbons (Fsp3) is 0.933. The van der Waals surface area contributed by atoms with Crippen LogP contribution in [0.5, 0.6) is 0 Å². The predicted octanol–water partition coefficient (Wildman–Crippen LogP) is 0.814. The molecule has 0 unspecified atom stereocenters. The van der Waals surface area contributed by atoms with Crippen LogP contribution in [-0.2, 0) is 9.53 Å². The van der Waals surface area contributed by atoms with E-state index in [1.54, 1.807) is 7.11 Å². The third-order valence-electron chi connectivity index (χ3n) is 4.83. The van der Waals surface area contributed by atoms with Crippen LogP contribution in [-0.4, -0.2) is 50.0 Å². The van der Waals surface area contributed by atoms with E-state index in [0.717, 1.165) is 51.6 Å². The largest absolute Gasteiger partial charge is 0.388 e. The Kier molecular flexibility index (Phi) is 5.41. The van der Waals surface area contributed by atoms with Gasteiger partial charge < -0.3 is 20.5 Å². The molecule has 2 rings (SSSR count). The molecule has 0 bridgehead atoms. The number of hydrogen-bond acceptors (Lipinski definition) is 4. The van der Waals surface area contributed by atoms with Crippen LogP contribution < -0.4 is 10.6 Å². The molecule has 1 saturated heterocycles. The Morgan fingerprint density at radius 2 is 1.85 bits per heavy atom. The fourth-order valence-corrected chi connectivity index (χ4v) is 3.44. The van der Waals surface area contributed by atoms with Crippen molar-refractivity contribution >= 4 is 5.91 Å². The molecule has 5 nitrogen and oxygen atoms in total. The second-order valence-corrected chi connectivity index (χ2v) is 6.43. The Morgan fingerprint density at radius 3 is 2.45 bits per heavy atom. The molecular weight excluding hydrogens is 256 g/mol. The molecule has 0 atom stereocenters. The first-order valence-corrected chi connectivity index (χ1v) is 7.81. The molecule has 1 amide bonds. The average Bonchev–Trinajstić information content (AvgIpc) is 2.47. The van der Waals surface area contributed by atoms with E-state index in [1.807, 2.05) is 0 Å². The zero-order chi connectivity index (χ0) is 14.5. The molecule has 0 aromatic rings. The van der Waals surface area contributed by atoms with Gasteiger partial charge in [0, 0.05) is 13.7 Å². The van der Waals surface area contributed by atoms with Crippen molar-refractivity contribution in [3.63, 3.8) is 0 Å². The van der Waals surface area contributed by atoms with Crippen LogP contribution in [0, 0.1) is 5.41 Å². The van der Waals surface area contributed by atoms with Gasteiger partial charge in [-0.1, -0.05) is 19.3 Å². The van der Waals surface area contributed by atoms with Crippen LogP contribution in [0.4, 0.5) is 0 Å². The van der Waals surface area contributed by atoms with Crippen LogP contribution in [0.15, 0.2) is 0 Å². The quantitative estimate of drug-likeness (QED) is 0.699. The Morgan fingerprint density at radius 1 is 1.20 bits per heavy atom. The topological polar surface area (TPSA) is 70.6 Å². The smallest absolute Gasteiger partial charge is 0.228 e. The number of amides is 1. The highest BCUT2D eigenvalue weighted by Crippen LogP contribution is 2.31. The van der Waals surface area contributed by atoms with Crippen LogP contribution in [0.3, 0.4) is 0 Å². The summed E-state index contributed by atoms with van der Waals surface area (Å²) in [4.78, 5) is 12.6. The minimum absolute atomic E-state index is 0.0415. The van der Waals surface area contributed by atoms with Crippen LogP contribution in [0.1, 0.15) is 44.9 Å². The van der Waals surface area contributed by atoms with Gasteiger partial charge in [0.15, 0.2) is 0 Å². The summed E-state index contributed by atoms with van der Waals surface area (Å²) in [7, 11) is 1.64. The van der Waals surface area contributed by atoms with Gasteiger partial charge in [0.25, 0.3) is 0 Å². The Bertz CT molecular complexity index is 316. The highest BCUT2D eigenvalue weighted by atomic mass is 16.5. The van der Waals surface area contributed by atoms with Crippen molar-refractivity contribution in [1.29, 1.82) is 0 Å². The van der Waals surface area contributed by atoms with Gasteiger partial charge in [-0.2, -0.15) is 0 Å². The summed E-state index contributed by atoms with van der Waals surface area (Å²) in [6.07, 6.45) is 6.49. The minimum atomic E-state index is -0.699. The number of rotatable bonds is 5. The normalized spacial score (nSPS) is 25.1. The zero-order valence-corrected chi connectivity index (χ0v) is 12.5. The van der Waals surface area contributed by atoms with Crippen LogP contribution in [0.25, 0.3) is 0 Å². The molecule has 5 heteroatoms. The Balaban J connectivity index is 1.91. The third kappa shape index (κ3) is 3.71. The molecular formula is C15H28N2O3. The second kappa shape index (κ2) is 6.87. The maximum absolute atomic E-state index is 12.6. The highest BCUT2D eigenvalue weighted by Gasteiger charge is 2.40. The Labute approximate surface area is 121 Å². The molecule has 1 aliphatic carbocycles. The second-order valence-electron chi connectivity index (χ2n) is 6.43. The lowest BCUT2D eigenvalue weighted by Gasteiger charge is -2.38. The molecule has 2 aliphatic rings. The van der Waals surface area contributed by atoms with Gasteiger partial charge >= 0.3 is 0 Å². The number of hydrogen-bond donors (Lipinski definition) is 3. The summed E-state index contributed by atoms with van der Waals surface area (Å²) in [5, 5.41) is 16.7. The fourth-order valence-electron chi connectivity index (χ4n) is 3.44. The summed E-state index contributed by atoms with van der Waals surface area (Å²) in [6.45, 7) is 2.53. The van der Waals surface area contributed by atoms with Crippen molar-refractivity contribution in [3.8, 4) is 0 Å². The number of nitrogens with one attached hydrogen (secondary N) is 2. The molecule has 3 N–H and O–H groups in total. The predicted molar refractivity (Wildman–Crippen MR) is 77.5 cm³/mol. The minimum Gasteiger partial charge on any atom is -0.388 e. The van der Waals surface area contributed by atoms with Crippen molar-refractivity contribution in [2.75, 3.05) is 33.4 Å². The van der Waals surface area contributed by atoms with Crippen molar-refractivity contribution in [2.24, 2.45) is 5.41 Å². The van der Waals surface area contributed by atoms with Gasteiger partial charge in [-0.15, -0.1) is 0 Å². The lowest BCUT2D eigenvalue weighted by molar-refractivity contribution is -0.137. The molecule has 0 radical (unpaired) electrons. The van der Waals surface area contributed by atoms with Crippen molar-refractivity contribution in [1.82, 2.24) is 10.6 Å². The number of carbonyl (C=O) groups is 1. The first kappa shape index (κ1) is 15.7. The zero-order valence-electron chi connectivity index (χ0n) is 12.5. The molecule has 20 heavy (non-hydrogen) atoms. The summed E-state index contributed by atoms with van der Waals surface area (Å²) in [6, 6.07) is 0. The summed E-state index contributed by atoms with van der Waals surface area (Å²) in [5.41, 5.74) is -1.12. The molecule has 2 fully saturated rings. The maximum atomic E-state index is 12.6. The number of aliphatic hydroxyl groups is 1. The van der Waals surface area contributed by atoms with Gasteiger partial charge in [0.05, 0.1) is 17.6 Å². The molecule has 116 valence electrons. The van der Waals surface area contributed by atoms with E-state index in [2.05, 4.69) is 10.6 Å². The van der Waals surface area contributed by atoms with Gasteiger partial charge in [0.1, 0.15) is 0 Å². The number of carbonyl (C=O) groups excluding carboxylic acids is 1. The summed E-state index contributed by atoms with van der Waals surface area (Å²) in [5.74, 6) is 0.0415.